The Balaban J connectivity index is 1.87. The van der Waals surface area contributed by atoms with Crippen molar-refractivity contribution in [3.05, 3.63) is 54.1 Å². The molecule has 1 heterocycles. The standard InChI is InChI=1S/C17H18N2OS/c1-2-13(18)11-12-7-3-6-10-16(12)21-17-19-14-8-4-5-9-15(14)20-17/h3-10,13H,2,11,18H2,1H3. The number of nitrogens with zero attached hydrogens (tertiary/aromatic N) is 1. The molecule has 0 spiro atoms. The van der Waals surface area contributed by atoms with Crippen molar-refractivity contribution in [2.24, 2.45) is 5.73 Å². The summed E-state index contributed by atoms with van der Waals surface area (Å²) in [6, 6.07) is 16.3. The smallest absolute Gasteiger partial charge is 0.261 e. The molecule has 0 saturated heterocycles. The van der Waals surface area contributed by atoms with Gasteiger partial charge < -0.3 is 10.2 Å². The molecule has 2 aromatic carbocycles. The average Bonchev–Trinajstić information content (AvgIpc) is 2.91. The topological polar surface area (TPSA) is 52.0 Å². The number of hydrogen-bond donors (Lipinski definition) is 1. The number of rotatable bonds is 5. The van der Waals surface area contributed by atoms with Crippen LogP contribution in [0.3, 0.4) is 0 Å². The predicted molar refractivity (Wildman–Crippen MR) is 86.5 cm³/mol. The van der Waals surface area contributed by atoms with Gasteiger partial charge in [0.1, 0.15) is 5.52 Å². The van der Waals surface area contributed by atoms with E-state index in [4.69, 9.17) is 10.2 Å². The van der Waals surface area contributed by atoms with Crippen molar-refractivity contribution in [1.82, 2.24) is 4.98 Å². The van der Waals surface area contributed by atoms with E-state index in [0.717, 1.165) is 28.8 Å². The fourth-order valence-corrected chi connectivity index (χ4v) is 3.08. The summed E-state index contributed by atoms with van der Waals surface area (Å²) < 4.78 is 5.78. The molecular formula is C17H18N2OS. The molecule has 4 heteroatoms. The zero-order chi connectivity index (χ0) is 14.7. The van der Waals surface area contributed by atoms with E-state index in [1.807, 2.05) is 36.4 Å². The molecule has 0 aliphatic heterocycles. The Morgan fingerprint density at radius 1 is 1.14 bits per heavy atom. The van der Waals surface area contributed by atoms with Crippen molar-refractivity contribution in [1.29, 1.82) is 0 Å². The molecule has 21 heavy (non-hydrogen) atoms. The molecule has 0 bridgehead atoms. The summed E-state index contributed by atoms with van der Waals surface area (Å²) in [7, 11) is 0. The molecule has 3 rings (SSSR count). The maximum absolute atomic E-state index is 6.08. The van der Waals surface area contributed by atoms with Crippen molar-refractivity contribution in [3.63, 3.8) is 0 Å². The van der Waals surface area contributed by atoms with Crippen LogP contribution in [0.2, 0.25) is 0 Å². The van der Waals surface area contributed by atoms with Crippen LogP contribution in [0.15, 0.2) is 63.1 Å². The van der Waals surface area contributed by atoms with Crippen LogP contribution in [-0.2, 0) is 6.42 Å². The van der Waals surface area contributed by atoms with E-state index in [-0.39, 0.29) is 6.04 Å². The van der Waals surface area contributed by atoms with E-state index in [2.05, 4.69) is 24.0 Å². The zero-order valence-corrected chi connectivity index (χ0v) is 12.8. The SMILES string of the molecule is CCC(N)Cc1ccccc1Sc1nc2ccccc2o1. The van der Waals surface area contributed by atoms with Gasteiger partial charge in [-0.15, -0.1) is 0 Å². The van der Waals surface area contributed by atoms with Gasteiger partial charge in [-0.2, -0.15) is 0 Å². The normalized spacial score (nSPS) is 12.7. The number of oxazole rings is 1. The minimum atomic E-state index is 0.190. The van der Waals surface area contributed by atoms with Crippen LogP contribution in [0.25, 0.3) is 11.1 Å². The molecular weight excluding hydrogens is 280 g/mol. The summed E-state index contributed by atoms with van der Waals surface area (Å²) in [4.78, 5) is 5.67. The van der Waals surface area contributed by atoms with Crippen LogP contribution in [0.1, 0.15) is 18.9 Å². The molecule has 0 radical (unpaired) electrons. The molecule has 108 valence electrons. The summed E-state index contributed by atoms with van der Waals surface area (Å²) >= 11 is 1.56. The lowest BCUT2D eigenvalue weighted by Crippen LogP contribution is -2.21. The van der Waals surface area contributed by atoms with E-state index in [0.29, 0.717) is 5.22 Å². The molecule has 0 saturated carbocycles. The van der Waals surface area contributed by atoms with Gasteiger partial charge in [0, 0.05) is 10.9 Å². The summed E-state index contributed by atoms with van der Waals surface area (Å²) in [6.45, 7) is 2.11. The first-order chi connectivity index (χ1) is 10.3. The van der Waals surface area contributed by atoms with Crippen molar-refractivity contribution in [2.45, 2.75) is 35.9 Å². The number of aromatic nitrogens is 1. The third-order valence-corrected chi connectivity index (χ3v) is 4.42. The predicted octanol–water partition coefficient (Wildman–Crippen LogP) is 4.26. The molecule has 0 aliphatic carbocycles. The van der Waals surface area contributed by atoms with E-state index >= 15 is 0 Å². The quantitative estimate of drug-likeness (QED) is 0.764. The van der Waals surface area contributed by atoms with Crippen molar-refractivity contribution in [3.8, 4) is 0 Å². The largest absolute Gasteiger partial charge is 0.431 e. The monoisotopic (exact) mass is 298 g/mol. The Labute approximate surface area is 128 Å². The second kappa shape index (κ2) is 6.33. The first kappa shape index (κ1) is 14.2. The Kier molecular flexibility index (Phi) is 4.27. The van der Waals surface area contributed by atoms with Crippen molar-refractivity contribution < 1.29 is 4.42 Å². The maximum Gasteiger partial charge on any atom is 0.261 e. The summed E-state index contributed by atoms with van der Waals surface area (Å²) in [5, 5.41) is 0.675. The van der Waals surface area contributed by atoms with Gasteiger partial charge in [0.15, 0.2) is 5.58 Å². The van der Waals surface area contributed by atoms with Crippen molar-refractivity contribution in [2.75, 3.05) is 0 Å². The van der Waals surface area contributed by atoms with Crippen molar-refractivity contribution >= 4 is 22.9 Å². The van der Waals surface area contributed by atoms with Gasteiger partial charge in [-0.3, -0.25) is 0 Å². The Morgan fingerprint density at radius 3 is 2.71 bits per heavy atom. The van der Waals surface area contributed by atoms with Gasteiger partial charge in [-0.1, -0.05) is 37.3 Å². The molecule has 2 N–H and O–H groups in total. The van der Waals surface area contributed by atoms with Gasteiger partial charge in [0.2, 0.25) is 0 Å². The lowest BCUT2D eigenvalue weighted by Gasteiger charge is -2.11. The molecule has 1 aromatic heterocycles. The molecule has 3 aromatic rings. The Hall–Kier alpha value is -1.78. The highest BCUT2D eigenvalue weighted by atomic mass is 32.2. The van der Waals surface area contributed by atoms with Crippen LogP contribution in [0, 0.1) is 0 Å². The molecule has 0 fully saturated rings. The molecule has 0 amide bonds. The number of fused-ring (bicyclic) bond motifs is 1. The van der Waals surface area contributed by atoms with Crippen LogP contribution < -0.4 is 5.73 Å². The van der Waals surface area contributed by atoms with Crippen LogP contribution in [0.5, 0.6) is 0 Å². The summed E-state index contributed by atoms with van der Waals surface area (Å²) in [5.74, 6) is 0. The van der Waals surface area contributed by atoms with Crippen LogP contribution in [0.4, 0.5) is 0 Å². The first-order valence-corrected chi connectivity index (χ1v) is 7.95. The van der Waals surface area contributed by atoms with Gasteiger partial charge in [0.05, 0.1) is 0 Å². The third kappa shape index (κ3) is 3.28. The Bertz CT molecular complexity index is 705. The second-order valence-corrected chi connectivity index (χ2v) is 6.02. The fraction of sp³-hybridized carbons (Fsp3) is 0.235. The number of benzene rings is 2. The third-order valence-electron chi connectivity index (χ3n) is 3.45. The highest BCUT2D eigenvalue weighted by molar-refractivity contribution is 7.99. The minimum absolute atomic E-state index is 0.190. The summed E-state index contributed by atoms with van der Waals surface area (Å²) in [6.07, 6.45) is 1.85. The molecule has 1 atom stereocenters. The van der Waals surface area contributed by atoms with Gasteiger partial charge >= 0.3 is 0 Å². The maximum atomic E-state index is 6.08. The van der Waals surface area contributed by atoms with E-state index in [1.54, 1.807) is 11.8 Å². The summed E-state index contributed by atoms with van der Waals surface area (Å²) in [5.41, 5.74) is 9.04. The minimum Gasteiger partial charge on any atom is -0.431 e. The highest BCUT2D eigenvalue weighted by Crippen LogP contribution is 2.32. The molecule has 3 nitrogen and oxygen atoms in total. The number of nitrogens with two attached hydrogens (primary N) is 1. The van der Waals surface area contributed by atoms with E-state index < -0.39 is 0 Å². The zero-order valence-electron chi connectivity index (χ0n) is 12.0. The second-order valence-electron chi connectivity index (χ2n) is 5.03. The average molecular weight is 298 g/mol. The lowest BCUT2D eigenvalue weighted by atomic mass is 10.1. The van der Waals surface area contributed by atoms with Crippen LogP contribution in [-0.4, -0.2) is 11.0 Å². The lowest BCUT2D eigenvalue weighted by molar-refractivity contribution is 0.489. The Morgan fingerprint density at radius 2 is 1.90 bits per heavy atom. The highest BCUT2D eigenvalue weighted by Gasteiger charge is 2.11. The van der Waals surface area contributed by atoms with Gasteiger partial charge in [0.25, 0.3) is 5.22 Å². The van der Waals surface area contributed by atoms with Crippen LogP contribution >= 0.6 is 11.8 Å². The fourth-order valence-electron chi connectivity index (χ4n) is 2.19. The first-order valence-electron chi connectivity index (χ1n) is 7.13. The molecule has 1 unspecified atom stereocenters. The number of para-hydroxylation sites is 2. The van der Waals surface area contributed by atoms with E-state index in [9.17, 15) is 0 Å². The number of hydrogen-bond acceptors (Lipinski definition) is 4. The van der Waals surface area contributed by atoms with Gasteiger partial charge in [-0.05, 0) is 48.4 Å². The van der Waals surface area contributed by atoms with Gasteiger partial charge in [-0.25, -0.2) is 4.98 Å². The molecule has 0 aliphatic rings. The van der Waals surface area contributed by atoms with E-state index in [1.165, 1.54) is 5.56 Å².